The molecule has 2 aromatic carbocycles. The number of hydrogen-bond donors (Lipinski definition) is 1. The Labute approximate surface area is 129 Å². The number of rotatable bonds is 2. The largest absolute Gasteiger partial charge is 0.396 e. The average Bonchev–Trinajstić information content (AvgIpc) is 2.91. The van der Waals surface area contributed by atoms with Gasteiger partial charge in [0.1, 0.15) is 11.5 Å². The summed E-state index contributed by atoms with van der Waals surface area (Å²) in [7, 11) is 0. The van der Waals surface area contributed by atoms with Crippen molar-refractivity contribution in [3.8, 4) is 17.1 Å². The van der Waals surface area contributed by atoms with Gasteiger partial charge < -0.3 is 5.73 Å². The Hall–Kier alpha value is -2.18. The minimum absolute atomic E-state index is 0.0496. The molecule has 5 nitrogen and oxygen atoms in total. The van der Waals surface area contributed by atoms with Crippen molar-refractivity contribution in [1.82, 2.24) is 20.2 Å². The van der Waals surface area contributed by atoms with Gasteiger partial charge in [0.05, 0.1) is 15.7 Å². The van der Waals surface area contributed by atoms with Gasteiger partial charge in [0.2, 0.25) is 0 Å². The van der Waals surface area contributed by atoms with Crippen LogP contribution in [0.5, 0.6) is 0 Å². The van der Waals surface area contributed by atoms with E-state index in [1.807, 2.05) is 0 Å². The first-order valence-corrected chi connectivity index (χ1v) is 6.61. The zero-order chi connectivity index (χ0) is 15.0. The minimum Gasteiger partial charge on any atom is -0.396 e. The van der Waals surface area contributed by atoms with Crippen LogP contribution in [0.1, 0.15) is 0 Å². The second-order valence-corrected chi connectivity index (χ2v) is 5.04. The molecule has 0 spiro atoms. The molecule has 21 heavy (non-hydrogen) atoms. The SMILES string of the molecule is Nc1ccc(-c2nnnn2-c2c(Cl)cccc2Cl)cc1F. The Balaban J connectivity index is 2.20. The van der Waals surface area contributed by atoms with E-state index in [1.165, 1.54) is 16.8 Å². The zero-order valence-corrected chi connectivity index (χ0v) is 12.0. The number of nitrogens with two attached hydrogens (primary N) is 1. The van der Waals surface area contributed by atoms with Crippen molar-refractivity contribution in [1.29, 1.82) is 0 Å². The highest BCUT2D eigenvalue weighted by atomic mass is 35.5. The van der Waals surface area contributed by atoms with Crippen molar-refractivity contribution < 1.29 is 4.39 Å². The van der Waals surface area contributed by atoms with E-state index in [2.05, 4.69) is 15.5 Å². The Kier molecular flexibility index (Phi) is 3.48. The molecular weight excluding hydrogens is 316 g/mol. The number of para-hydroxylation sites is 1. The van der Waals surface area contributed by atoms with Crippen molar-refractivity contribution in [2.24, 2.45) is 0 Å². The number of benzene rings is 2. The number of hydrogen-bond acceptors (Lipinski definition) is 4. The second-order valence-electron chi connectivity index (χ2n) is 4.22. The lowest BCUT2D eigenvalue weighted by Gasteiger charge is -2.09. The van der Waals surface area contributed by atoms with Crippen LogP contribution in [0.4, 0.5) is 10.1 Å². The second kappa shape index (κ2) is 5.31. The van der Waals surface area contributed by atoms with Crippen molar-refractivity contribution in [2.45, 2.75) is 0 Å². The lowest BCUT2D eigenvalue weighted by Crippen LogP contribution is -2.02. The van der Waals surface area contributed by atoms with E-state index >= 15 is 0 Å². The average molecular weight is 324 g/mol. The summed E-state index contributed by atoms with van der Waals surface area (Å²) in [6.45, 7) is 0. The lowest BCUT2D eigenvalue weighted by molar-refractivity contribution is 0.632. The Morgan fingerprint density at radius 3 is 2.48 bits per heavy atom. The van der Waals surface area contributed by atoms with Crippen molar-refractivity contribution in [3.05, 3.63) is 52.3 Å². The number of tetrazole rings is 1. The fourth-order valence-corrected chi connectivity index (χ4v) is 2.43. The maximum atomic E-state index is 13.6. The molecule has 0 saturated carbocycles. The fraction of sp³-hybridized carbons (Fsp3) is 0. The molecule has 0 amide bonds. The van der Waals surface area contributed by atoms with E-state index < -0.39 is 5.82 Å². The summed E-state index contributed by atoms with van der Waals surface area (Å²) in [5.41, 5.74) is 6.40. The Morgan fingerprint density at radius 2 is 1.81 bits per heavy atom. The Bertz CT molecular complexity index is 798. The lowest BCUT2D eigenvalue weighted by atomic mass is 10.2. The summed E-state index contributed by atoms with van der Waals surface area (Å²) in [5, 5.41) is 12.1. The quantitative estimate of drug-likeness (QED) is 0.734. The molecule has 1 heterocycles. The molecule has 0 aliphatic carbocycles. The maximum absolute atomic E-state index is 13.6. The molecule has 1 aromatic heterocycles. The molecule has 0 aliphatic heterocycles. The smallest absolute Gasteiger partial charge is 0.187 e. The van der Waals surface area contributed by atoms with Gasteiger partial charge in [-0.3, -0.25) is 0 Å². The molecule has 8 heteroatoms. The van der Waals surface area contributed by atoms with Crippen LogP contribution in [0.25, 0.3) is 17.1 Å². The number of halogens is 3. The zero-order valence-electron chi connectivity index (χ0n) is 10.5. The predicted molar refractivity (Wildman–Crippen MR) is 79.0 cm³/mol. The topological polar surface area (TPSA) is 69.6 Å². The van der Waals surface area contributed by atoms with Crippen LogP contribution in [0, 0.1) is 5.82 Å². The summed E-state index contributed by atoms with van der Waals surface area (Å²) in [4.78, 5) is 0. The van der Waals surface area contributed by atoms with Crippen molar-refractivity contribution in [2.75, 3.05) is 5.73 Å². The summed E-state index contributed by atoms with van der Waals surface area (Å²) >= 11 is 12.3. The van der Waals surface area contributed by atoms with E-state index in [0.717, 1.165) is 0 Å². The van der Waals surface area contributed by atoms with Gasteiger partial charge in [-0.05, 0) is 40.8 Å². The molecule has 106 valence electrons. The molecule has 0 atom stereocenters. The van der Waals surface area contributed by atoms with Gasteiger partial charge in [-0.15, -0.1) is 5.10 Å². The van der Waals surface area contributed by atoms with Crippen LogP contribution in [-0.2, 0) is 0 Å². The first-order chi connectivity index (χ1) is 10.1. The van der Waals surface area contributed by atoms with E-state index in [1.54, 1.807) is 24.3 Å². The molecule has 3 rings (SSSR count). The van der Waals surface area contributed by atoms with E-state index in [0.29, 0.717) is 27.1 Å². The van der Waals surface area contributed by atoms with E-state index in [-0.39, 0.29) is 5.69 Å². The van der Waals surface area contributed by atoms with Crippen LogP contribution in [0.2, 0.25) is 10.0 Å². The van der Waals surface area contributed by atoms with Crippen LogP contribution < -0.4 is 5.73 Å². The van der Waals surface area contributed by atoms with Gasteiger partial charge >= 0.3 is 0 Å². The van der Waals surface area contributed by atoms with Crippen molar-refractivity contribution >= 4 is 28.9 Å². The summed E-state index contributed by atoms with van der Waals surface area (Å²) in [5.74, 6) is -0.240. The fourth-order valence-electron chi connectivity index (χ4n) is 1.88. The van der Waals surface area contributed by atoms with Gasteiger partial charge in [0, 0.05) is 5.56 Å². The van der Waals surface area contributed by atoms with Gasteiger partial charge in [-0.2, -0.15) is 4.68 Å². The molecule has 0 fully saturated rings. The standard InChI is InChI=1S/C13H8Cl2FN5/c14-8-2-1-3-9(15)12(8)21-13(18-19-20-21)7-4-5-11(17)10(16)6-7/h1-6H,17H2. The normalized spacial score (nSPS) is 10.8. The molecule has 0 saturated heterocycles. The molecule has 0 aliphatic rings. The van der Waals surface area contributed by atoms with Crippen LogP contribution in [0.15, 0.2) is 36.4 Å². The van der Waals surface area contributed by atoms with E-state index in [9.17, 15) is 4.39 Å². The van der Waals surface area contributed by atoms with Gasteiger partial charge in [-0.1, -0.05) is 29.3 Å². The van der Waals surface area contributed by atoms with Crippen LogP contribution in [0.3, 0.4) is 0 Å². The van der Waals surface area contributed by atoms with E-state index in [4.69, 9.17) is 28.9 Å². The molecule has 2 N–H and O–H groups in total. The molecule has 0 bridgehead atoms. The highest BCUT2D eigenvalue weighted by Crippen LogP contribution is 2.31. The molecule has 0 unspecified atom stereocenters. The molecule has 3 aromatic rings. The van der Waals surface area contributed by atoms with Gasteiger partial charge in [-0.25, -0.2) is 4.39 Å². The van der Waals surface area contributed by atoms with Crippen LogP contribution >= 0.6 is 23.2 Å². The summed E-state index contributed by atoms with van der Waals surface area (Å²) < 4.78 is 15.0. The third-order valence-electron chi connectivity index (χ3n) is 2.88. The van der Waals surface area contributed by atoms with Crippen molar-refractivity contribution in [3.63, 3.8) is 0 Å². The molecule has 0 radical (unpaired) electrons. The molecular formula is C13H8Cl2FN5. The maximum Gasteiger partial charge on any atom is 0.187 e. The van der Waals surface area contributed by atoms with Crippen LogP contribution in [-0.4, -0.2) is 20.2 Å². The monoisotopic (exact) mass is 323 g/mol. The predicted octanol–water partition coefficient (Wildman–Crippen LogP) is 3.36. The number of aromatic nitrogens is 4. The highest BCUT2D eigenvalue weighted by Gasteiger charge is 2.17. The summed E-state index contributed by atoms with van der Waals surface area (Å²) in [6, 6.07) is 9.35. The van der Waals surface area contributed by atoms with Gasteiger partial charge in [0.15, 0.2) is 5.82 Å². The highest BCUT2D eigenvalue weighted by molar-refractivity contribution is 6.37. The number of anilines is 1. The van der Waals surface area contributed by atoms with Gasteiger partial charge in [0.25, 0.3) is 0 Å². The third kappa shape index (κ3) is 2.43. The minimum atomic E-state index is -0.549. The Morgan fingerprint density at radius 1 is 1.10 bits per heavy atom. The third-order valence-corrected chi connectivity index (χ3v) is 3.49. The number of nitrogen functional groups attached to an aromatic ring is 1. The first-order valence-electron chi connectivity index (χ1n) is 5.86. The summed E-state index contributed by atoms with van der Waals surface area (Å²) in [6.07, 6.45) is 0. The first kappa shape index (κ1) is 13.8. The number of nitrogens with zero attached hydrogens (tertiary/aromatic N) is 4.